The molecule has 0 radical (unpaired) electrons. The minimum absolute atomic E-state index is 0.0491. The molecule has 0 spiro atoms. The number of thioether (sulfide) groups is 1. The molecule has 2 rings (SSSR count). The molecule has 1 amide bonds. The number of benzene rings is 2. The molecule has 0 saturated carbocycles. The maximum Gasteiger partial charge on any atom is 0.230 e. The minimum Gasteiger partial charge on any atom is -0.349 e. The Morgan fingerprint density at radius 2 is 2.05 bits per heavy atom. The molecule has 0 heterocycles. The van der Waals surface area contributed by atoms with Crippen LogP contribution in [0.3, 0.4) is 0 Å². The molecule has 0 aliphatic carbocycles. The monoisotopic (exact) mass is 341 g/mol. The molecule has 0 saturated heterocycles. The first-order chi connectivity index (χ1) is 10.5. The van der Waals surface area contributed by atoms with Gasteiger partial charge in [0.2, 0.25) is 5.91 Å². The molecule has 2 aromatic rings. The number of nitrogens with one attached hydrogen (secondary N) is 1. The lowest BCUT2D eigenvalue weighted by Crippen LogP contribution is -2.28. The fraction of sp³-hybridized carbons (Fsp3) is 0.188. The van der Waals surface area contributed by atoms with Crippen molar-refractivity contribution in [2.75, 3.05) is 5.75 Å². The largest absolute Gasteiger partial charge is 0.349 e. The van der Waals surface area contributed by atoms with E-state index in [0.29, 0.717) is 5.02 Å². The van der Waals surface area contributed by atoms with Crippen LogP contribution >= 0.6 is 23.4 Å². The van der Waals surface area contributed by atoms with Gasteiger partial charge in [0.05, 0.1) is 11.8 Å². The summed E-state index contributed by atoms with van der Waals surface area (Å²) in [5.74, 6) is -1.49. The Labute approximate surface area is 136 Å². The third-order valence-electron chi connectivity index (χ3n) is 2.98. The van der Waals surface area contributed by atoms with Crippen molar-refractivity contribution in [3.8, 4) is 0 Å². The van der Waals surface area contributed by atoms with E-state index in [1.807, 2.05) is 19.1 Å². The third-order valence-corrected chi connectivity index (χ3v) is 4.26. The lowest BCUT2D eigenvalue weighted by molar-refractivity contribution is -0.119. The predicted molar refractivity (Wildman–Crippen MR) is 85.1 cm³/mol. The van der Waals surface area contributed by atoms with E-state index in [2.05, 4.69) is 5.32 Å². The summed E-state index contributed by atoms with van der Waals surface area (Å²) >= 11 is 6.93. The Bertz CT molecular complexity index is 681. The van der Waals surface area contributed by atoms with E-state index < -0.39 is 11.6 Å². The molecular weight excluding hydrogens is 328 g/mol. The maximum absolute atomic E-state index is 13.5. The van der Waals surface area contributed by atoms with Gasteiger partial charge in [-0.05, 0) is 36.8 Å². The van der Waals surface area contributed by atoms with Gasteiger partial charge in [0.25, 0.3) is 0 Å². The molecule has 116 valence electrons. The van der Waals surface area contributed by atoms with Crippen LogP contribution in [0.1, 0.15) is 18.5 Å². The molecule has 0 aliphatic heterocycles. The van der Waals surface area contributed by atoms with Gasteiger partial charge in [-0.3, -0.25) is 4.79 Å². The zero-order valence-electron chi connectivity index (χ0n) is 11.8. The molecule has 0 fully saturated rings. The smallest absolute Gasteiger partial charge is 0.230 e. The number of hydrogen-bond donors (Lipinski definition) is 1. The van der Waals surface area contributed by atoms with E-state index >= 15 is 0 Å². The number of carbonyl (C=O) groups excluding carboxylic acids is 1. The van der Waals surface area contributed by atoms with Crippen molar-refractivity contribution in [1.82, 2.24) is 5.32 Å². The molecule has 1 atom stereocenters. The van der Waals surface area contributed by atoms with Crippen molar-refractivity contribution >= 4 is 29.3 Å². The lowest BCUT2D eigenvalue weighted by atomic mass is 10.1. The van der Waals surface area contributed by atoms with E-state index in [1.165, 1.54) is 6.07 Å². The summed E-state index contributed by atoms with van der Waals surface area (Å²) in [5.41, 5.74) is 0.888. The molecule has 0 bridgehead atoms. The van der Waals surface area contributed by atoms with Crippen LogP contribution in [0.5, 0.6) is 0 Å². The summed E-state index contributed by atoms with van der Waals surface area (Å²) in [6, 6.07) is 10.3. The van der Waals surface area contributed by atoms with Crippen LogP contribution in [0.2, 0.25) is 5.02 Å². The van der Waals surface area contributed by atoms with Crippen molar-refractivity contribution < 1.29 is 13.6 Å². The number of amides is 1. The molecule has 22 heavy (non-hydrogen) atoms. The van der Waals surface area contributed by atoms with Gasteiger partial charge in [0.15, 0.2) is 0 Å². The number of halogens is 3. The van der Waals surface area contributed by atoms with E-state index in [-0.39, 0.29) is 22.6 Å². The van der Waals surface area contributed by atoms with E-state index in [0.717, 1.165) is 29.5 Å². The first-order valence-corrected chi connectivity index (χ1v) is 7.95. The zero-order chi connectivity index (χ0) is 16.1. The van der Waals surface area contributed by atoms with Crippen LogP contribution in [0.15, 0.2) is 47.4 Å². The zero-order valence-corrected chi connectivity index (χ0v) is 13.3. The highest BCUT2D eigenvalue weighted by molar-refractivity contribution is 8.00. The normalized spacial score (nSPS) is 12.0. The topological polar surface area (TPSA) is 29.1 Å². The molecular formula is C16H14ClF2NOS. The minimum atomic E-state index is -0.666. The number of hydrogen-bond acceptors (Lipinski definition) is 2. The van der Waals surface area contributed by atoms with E-state index in [9.17, 15) is 13.6 Å². The SMILES string of the molecule is C[C@@H](NC(=O)CSc1ccc(F)cc1F)c1cccc(Cl)c1. The summed E-state index contributed by atoms with van der Waals surface area (Å²) < 4.78 is 26.3. The molecule has 0 aromatic heterocycles. The first-order valence-electron chi connectivity index (χ1n) is 6.58. The Morgan fingerprint density at radius 3 is 2.73 bits per heavy atom. The van der Waals surface area contributed by atoms with Gasteiger partial charge >= 0.3 is 0 Å². The van der Waals surface area contributed by atoms with E-state index in [4.69, 9.17) is 11.6 Å². The first kappa shape index (κ1) is 16.8. The van der Waals surface area contributed by atoms with Crippen molar-refractivity contribution in [1.29, 1.82) is 0 Å². The standard InChI is InChI=1S/C16H14ClF2NOS/c1-10(11-3-2-4-12(17)7-11)20-16(21)9-22-15-6-5-13(18)8-14(15)19/h2-8,10H,9H2,1H3,(H,20,21)/t10-/m1/s1. The molecule has 2 aromatic carbocycles. The number of carbonyl (C=O) groups is 1. The van der Waals surface area contributed by atoms with E-state index in [1.54, 1.807) is 12.1 Å². The third kappa shape index (κ3) is 4.71. The Morgan fingerprint density at radius 1 is 1.27 bits per heavy atom. The van der Waals surface area contributed by atoms with Gasteiger partial charge in [-0.1, -0.05) is 23.7 Å². The second-order valence-corrected chi connectivity index (χ2v) is 6.16. The molecule has 6 heteroatoms. The molecule has 0 unspecified atom stereocenters. The Hall–Kier alpha value is -1.59. The summed E-state index contributed by atoms with van der Waals surface area (Å²) in [6.07, 6.45) is 0. The molecule has 0 aliphatic rings. The van der Waals surface area contributed by atoms with Gasteiger partial charge < -0.3 is 5.32 Å². The van der Waals surface area contributed by atoms with Crippen LogP contribution in [0.25, 0.3) is 0 Å². The summed E-state index contributed by atoms with van der Waals surface area (Å²) in [6.45, 7) is 1.84. The fourth-order valence-electron chi connectivity index (χ4n) is 1.88. The average molecular weight is 342 g/mol. The summed E-state index contributed by atoms with van der Waals surface area (Å²) in [7, 11) is 0. The van der Waals surface area contributed by atoms with Crippen molar-refractivity contribution in [3.05, 3.63) is 64.7 Å². The van der Waals surface area contributed by atoms with Crippen LogP contribution in [0.4, 0.5) is 8.78 Å². The van der Waals surface area contributed by atoms with Crippen LogP contribution in [0, 0.1) is 11.6 Å². The quantitative estimate of drug-likeness (QED) is 0.806. The number of rotatable bonds is 5. The average Bonchev–Trinajstić information content (AvgIpc) is 2.46. The van der Waals surface area contributed by atoms with Crippen molar-refractivity contribution in [2.24, 2.45) is 0 Å². The van der Waals surface area contributed by atoms with Crippen LogP contribution < -0.4 is 5.32 Å². The van der Waals surface area contributed by atoms with Gasteiger partial charge in [-0.15, -0.1) is 11.8 Å². The van der Waals surface area contributed by atoms with Crippen LogP contribution in [-0.4, -0.2) is 11.7 Å². The van der Waals surface area contributed by atoms with Gasteiger partial charge in [0, 0.05) is 16.0 Å². The predicted octanol–water partition coefficient (Wildman–Crippen LogP) is 4.59. The maximum atomic E-state index is 13.5. The van der Waals surface area contributed by atoms with Crippen LogP contribution in [-0.2, 0) is 4.79 Å². The lowest BCUT2D eigenvalue weighted by Gasteiger charge is -2.14. The second-order valence-electron chi connectivity index (χ2n) is 4.71. The summed E-state index contributed by atoms with van der Waals surface area (Å²) in [5, 5.41) is 3.41. The van der Waals surface area contributed by atoms with Gasteiger partial charge in [0.1, 0.15) is 11.6 Å². The van der Waals surface area contributed by atoms with Crippen molar-refractivity contribution in [2.45, 2.75) is 17.9 Å². The highest BCUT2D eigenvalue weighted by Gasteiger charge is 2.12. The fourth-order valence-corrected chi connectivity index (χ4v) is 2.81. The Kier molecular flexibility index (Phi) is 5.80. The summed E-state index contributed by atoms with van der Waals surface area (Å²) in [4.78, 5) is 12.1. The Balaban J connectivity index is 1.90. The highest BCUT2D eigenvalue weighted by atomic mass is 35.5. The second kappa shape index (κ2) is 7.61. The van der Waals surface area contributed by atoms with Crippen molar-refractivity contribution in [3.63, 3.8) is 0 Å². The molecule has 1 N–H and O–H groups in total. The van der Waals surface area contributed by atoms with Gasteiger partial charge in [-0.2, -0.15) is 0 Å². The molecule has 2 nitrogen and oxygen atoms in total. The van der Waals surface area contributed by atoms with Gasteiger partial charge in [-0.25, -0.2) is 8.78 Å². The highest BCUT2D eigenvalue weighted by Crippen LogP contribution is 2.23.